The molecule has 3 aromatic rings. The van der Waals surface area contributed by atoms with Gasteiger partial charge in [0.05, 0.1) is 17.5 Å². The number of rotatable bonds is 2. The number of carbonyl (C=O) groups excluding carboxylic acids is 2. The Kier molecular flexibility index (Phi) is 3.63. The summed E-state index contributed by atoms with van der Waals surface area (Å²) in [5.74, 6) is -1.73. The Bertz CT molecular complexity index is 1220. The lowest BCUT2D eigenvalue weighted by Gasteiger charge is -2.52. The molecule has 1 heterocycles. The molecule has 1 fully saturated rings. The third-order valence-electron chi connectivity index (χ3n) is 7.39. The smallest absolute Gasteiger partial charge is 0.238 e. The number of hydrogen-bond acceptors (Lipinski definition) is 4. The number of amides is 2. The highest BCUT2D eigenvalue weighted by atomic mass is 16.8. The fourth-order valence-corrected chi connectivity index (χ4v) is 6.18. The summed E-state index contributed by atoms with van der Waals surface area (Å²) >= 11 is 0. The molecule has 0 saturated carbocycles. The van der Waals surface area contributed by atoms with Crippen LogP contribution in [0.4, 0.5) is 11.4 Å². The van der Waals surface area contributed by atoms with E-state index in [4.69, 9.17) is 0 Å². The standard InChI is InChI=1S/C25H20N2O4/c1-25-18-11-4-2-9-16(18)20(17-10-3-5-12-19(17)25)21-22(25)24(29)26(23(21)28)14-7-6-8-15(13-14)27(30)31/h2-13,20-22,27,30H,1H3/t20?,21-,22+,25?/m1/s1. The Hall–Kier alpha value is -3.32. The topological polar surface area (TPSA) is 85.1 Å². The lowest BCUT2D eigenvalue weighted by molar-refractivity contribution is -0.991. The summed E-state index contributed by atoms with van der Waals surface area (Å²) in [5, 5.41) is 19.7. The number of nitrogens with zero attached hydrogens (tertiary/aromatic N) is 1. The zero-order valence-corrected chi connectivity index (χ0v) is 16.8. The lowest BCUT2D eigenvalue weighted by atomic mass is 9.48. The van der Waals surface area contributed by atoms with Gasteiger partial charge in [0.1, 0.15) is 0 Å². The van der Waals surface area contributed by atoms with E-state index < -0.39 is 22.5 Å². The van der Waals surface area contributed by atoms with Gasteiger partial charge in [-0.25, -0.2) is 10.1 Å². The summed E-state index contributed by atoms with van der Waals surface area (Å²) in [5.41, 5.74) is 4.15. The number of anilines is 1. The van der Waals surface area contributed by atoms with Crippen molar-refractivity contribution in [3.63, 3.8) is 0 Å². The molecule has 154 valence electrons. The Morgan fingerprint density at radius 3 is 2.13 bits per heavy atom. The number of benzene rings is 3. The molecule has 2 bridgehead atoms. The first-order valence-corrected chi connectivity index (χ1v) is 10.3. The van der Waals surface area contributed by atoms with Crippen LogP contribution in [0, 0.1) is 17.0 Å². The second-order valence-electron chi connectivity index (χ2n) is 8.73. The van der Waals surface area contributed by atoms with Crippen LogP contribution in [0.2, 0.25) is 0 Å². The molecule has 3 atom stereocenters. The number of quaternary nitrogens is 1. The van der Waals surface area contributed by atoms with Gasteiger partial charge in [-0.3, -0.25) is 9.59 Å². The first-order chi connectivity index (χ1) is 14.9. The van der Waals surface area contributed by atoms with E-state index in [0.717, 1.165) is 22.3 Å². The van der Waals surface area contributed by atoms with E-state index in [-0.39, 0.29) is 23.4 Å². The lowest BCUT2D eigenvalue weighted by Crippen LogP contribution is -2.99. The molecule has 7 rings (SSSR count). The SMILES string of the molecule is CC12c3ccccc3C(c3ccccc31)[C@H]1C(=O)N(c3cccc([NH+]([O-])O)c3)C(=O)[C@H]12. The number of imide groups is 1. The van der Waals surface area contributed by atoms with Gasteiger partial charge in [-0.1, -0.05) is 61.5 Å². The van der Waals surface area contributed by atoms with Crippen LogP contribution >= 0.6 is 0 Å². The Morgan fingerprint density at radius 2 is 1.52 bits per heavy atom. The Balaban J connectivity index is 1.58. The summed E-state index contributed by atoms with van der Waals surface area (Å²) in [7, 11) is 0. The largest absolute Gasteiger partial charge is 0.595 e. The van der Waals surface area contributed by atoms with Crippen molar-refractivity contribution >= 4 is 23.2 Å². The van der Waals surface area contributed by atoms with Gasteiger partial charge in [0.2, 0.25) is 11.8 Å². The molecule has 0 radical (unpaired) electrons. The highest BCUT2D eigenvalue weighted by molar-refractivity contribution is 6.23. The molecular weight excluding hydrogens is 392 g/mol. The molecule has 0 aromatic heterocycles. The molecule has 3 aliphatic carbocycles. The van der Waals surface area contributed by atoms with E-state index in [9.17, 15) is 20.0 Å². The van der Waals surface area contributed by atoms with Crippen molar-refractivity contribution in [3.8, 4) is 0 Å². The maximum atomic E-state index is 13.8. The normalized spacial score (nSPS) is 28.9. The molecule has 2 amide bonds. The van der Waals surface area contributed by atoms with Gasteiger partial charge in [0.15, 0.2) is 5.69 Å². The fraction of sp³-hybridized carbons (Fsp3) is 0.200. The van der Waals surface area contributed by atoms with Gasteiger partial charge >= 0.3 is 0 Å². The molecule has 4 aliphatic rings. The molecule has 6 nitrogen and oxygen atoms in total. The summed E-state index contributed by atoms with van der Waals surface area (Å²) < 4.78 is 0. The minimum Gasteiger partial charge on any atom is -0.595 e. The molecule has 1 unspecified atom stereocenters. The molecule has 2 N–H and O–H groups in total. The first-order valence-electron chi connectivity index (χ1n) is 10.3. The number of carbonyl (C=O) groups is 2. The summed E-state index contributed by atoms with van der Waals surface area (Å²) in [6.07, 6.45) is 0. The van der Waals surface area contributed by atoms with Crippen LogP contribution in [-0.4, -0.2) is 17.0 Å². The van der Waals surface area contributed by atoms with Crippen LogP contribution in [0.1, 0.15) is 35.1 Å². The van der Waals surface area contributed by atoms with Crippen molar-refractivity contribution in [1.82, 2.24) is 0 Å². The number of nitrogens with one attached hydrogen (secondary N) is 1. The average molecular weight is 412 g/mol. The van der Waals surface area contributed by atoms with Gasteiger partial charge in [-0.05, 0) is 28.3 Å². The third-order valence-corrected chi connectivity index (χ3v) is 7.39. The minimum atomic E-state index is -1.09. The molecule has 6 heteroatoms. The average Bonchev–Trinajstić information content (AvgIpc) is 3.06. The van der Waals surface area contributed by atoms with Crippen LogP contribution in [0.5, 0.6) is 0 Å². The summed E-state index contributed by atoms with van der Waals surface area (Å²) in [6.45, 7) is 2.07. The molecule has 1 saturated heterocycles. The van der Waals surface area contributed by atoms with E-state index >= 15 is 0 Å². The summed E-state index contributed by atoms with van der Waals surface area (Å²) in [6, 6.07) is 22.3. The molecule has 3 aromatic carbocycles. The quantitative estimate of drug-likeness (QED) is 0.501. The van der Waals surface area contributed by atoms with Gasteiger partial charge in [-0.15, -0.1) is 0 Å². The predicted octanol–water partition coefficient (Wildman–Crippen LogP) is 2.66. The van der Waals surface area contributed by atoms with Gasteiger partial charge in [0.25, 0.3) is 0 Å². The highest BCUT2D eigenvalue weighted by Gasteiger charge is 2.66. The minimum absolute atomic E-state index is 0.0497. The van der Waals surface area contributed by atoms with Crippen molar-refractivity contribution in [2.75, 3.05) is 4.90 Å². The molecule has 1 aliphatic heterocycles. The number of hydrogen-bond donors (Lipinski definition) is 2. The monoisotopic (exact) mass is 412 g/mol. The van der Waals surface area contributed by atoms with E-state index in [2.05, 4.69) is 31.2 Å². The van der Waals surface area contributed by atoms with Gasteiger partial charge in [-0.2, -0.15) is 5.23 Å². The van der Waals surface area contributed by atoms with Crippen molar-refractivity contribution in [1.29, 1.82) is 0 Å². The zero-order valence-electron chi connectivity index (χ0n) is 16.8. The second kappa shape index (κ2) is 6.11. The second-order valence-corrected chi connectivity index (χ2v) is 8.73. The van der Waals surface area contributed by atoms with Crippen molar-refractivity contribution in [2.24, 2.45) is 11.8 Å². The molecular formula is C25H20N2O4. The van der Waals surface area contributed by atoms with Crippen molar-refractivity contribution < 1.29 is 20.0 Å². The van der Waals surface area contributed by atoms with E-state index in [1.165, 1.54) is 17.0 Å². The van der Waals surface area contributed by atoms with Crippen molar-refractivity contribution in [2.45, 2.75) is 18.3 Å². The predicted molar refractivity (Wildman–Crippen MR) is 113 cm³/mol. The van der Waals surface area contributed by atoms with Gasteiger partial charge < -0.3 is 5.21 Å². The van der Waals surface area contributed by atoms with Crippen LogP contribution in [0.15, 0.2) is 72.8 Å². The zero-order chi connectivity index (χ0) is 21.5. The third kappa shape index (κ3) is 2.16. The highest BCUT2D eigenvalue weighted by Crippen LogP contribution is 2.64. The van der Waals surface area contributed by atoms with Crippen LogP contribution in [0.3, 0.4) is 0 Å². The van der Waals surface area contributed by atoms with Crippen LogP contribution in [0.25, 0.3) is 0 Å². The van der Waals surface area contributed by atoms with Crippen LogP contribution < -0.4 is 10.1 Å². The van der Waals surface area contributed by atoms with Crippen LogP contribution in [-0.2, 0) is 15.0 Å². The van der Waals surface area contributed by atoms with E-state index in [1.807, 2.05) is 24.3 Å². The first kappa shape index (κ1) is 18.4. The molecule has 0 spiro atoms. The molecule has 31 heavy (non-hydrogen) atoms. The Labute approximate surface area is 178 Å². The fourth-order valence-electron chi connectivity index (χ4n) is 6.18. The van der Waals surface area contributed by atoms with E-state index in [1.54, 1.807) is 12.1 Å². The maximum Gasteiger partial charge on any atom is 0.238 e. The van der Waals surface area contributed by atoms with E-state index in [0.29, 0.717) is 5.69 Å². The van der Waals surface area contributed by atoms with Gasteiger partial charge in [0, 0.05) is 23.5 Å². The summed E-state index contributed by atoms with van der Waals surface area (Å²) in [4.78, 5) is 28.8. The Morgan fingerprint density at radius 1 is 0.903 bits per heavy atom. The maximum absolute atomic E-state index is 13.8. The van der Waals surface area contributed by atoms with Crippen molar-refractivity contribution in [3.05, 3.63) is 100 Å².